The number of carbonyl (C=O) groups is 3. The van der Waals surface area contributed by atoms with Crippen molar-refractivity contribution in [2.75, 3.05) is 11.9 Å². The second kappa shape index (κ2) is 8.36. The van der Waals surface area contributed by atoms with E-state index in [4.69, 9.17) is 4.74 Å². The third-order valence-corrected chi connectivity index (χ3v) is 6.94. The monoisotopic (exact) mass is 416 g/mol. The lowest BCUT2D eigenvalue weighted by atomic mass is 9.49. The topological polar surface area (TPSA) is 84.5 Å². The summed E-state index contributed by atoms with van der Waals surface area (Å²) in [5.74, 6) is 0.283. The molecular formula is C23H29FN2O4. The van der Waals surface area contributed by atoms with Gasteiger partial charge in [0.25, 0.3) is 5.91 Å². The molecule has 0 radical (unpaired) electrons. The molecule has 4 fully saturated rings. The van der Waals surface area contributed by atoms with Crippen molar-refractivity contribution < 1.29 is 23.5 Å². The van der Waals surface area contributed by atoms with E-state index in [1.54, 1.807) is 6.07 Å². The Morgan fingerprint density at radius 2 is 1.70 bits per heavy atom. The van der Waals surface area contributed by atoms with Gasteiger partial charge in [-0.05, 0) is 80.8 Å². The van der Waals surface area contributed by atoms with Crippen LogP contribution in [0.5, 0.6) is 0 Å². The van der Waals surface area contributed by atoms with Crippen LogP contribution in [-0.2, 0) is 19.1 Å². The van der Waals surface area contributed by atoms with Gasteiger partial charge in [0.05, 0.1) is 5.69 Å². The van der Waals surface area contributed by atoms with Gasteiger partial charge in [0, 0.05) is 6.42 Å². The number of rotatable bonds is 7. The summed E-state index contributed by atoms with van der Waals surface area (Å²) in [6.07, 6.45) is 6.71. The number of hydrogen-bond acceptors (Lipinski definition) is 4. The van der Waals surface area contributed by atoms with Crippen LogP contribution in [0, 0.1) is 29.0 Å². The molecule has 0 spiro atoms. The van der Waals surface area contributed by atoms with Crippen LogP contribution < -0.4 is 10.6 Å². The Labute approximate surface area is 175 Å². The van der Waals surface area contributed by atoms with Crippen LogP contribution in [0.2, 0.25) is 0 Å². The molecule has 0 saturated heterocycles. The number of para-hydroxylation sites is 1. The summed E-state index contributed by atoms with van der Waals surface area (Å²) in [6, 6.07) is 5.76. The number of nitrogens with one attached hydrogen (secondary N) is 2. The van der Waals surface area contributed by atoms with Crippen LogP contribution in [0.1, 0.15) is 51.9 Å². The van der Waals surface area contributed by atoms with Crippen LogP contribution >= 0.6 is 0 Å². The first-order chi connectivity index (χ1) is 14.3. The van der Waals surface area contributed by atoms with E-state index in [0.717, 1.165) is 37.0 Å². The van der Waals surface area contributed by atoms with E-state index < -0.39 is 23.8 Å². The highest BCUT2D eigenvalue weighted by Gasteiger charge is 2.51. The van der Waals surface area contributed by atoms with E-state index in [9.17, 15) is 18.8 Å². The molecule has 4 bridgehead atoms. The first-order valence-corrected chi connectivity index (χ1v) is 10.8. The molecule has 162 valence electrons. The van der Waals surface area contributed by atoms with E-state index in [1.807, 2.05) is 0 Å². The van der Waals surface area contributed by atoms with Crippen LogP contribution in [0.4, 0.5) is 10.1 Å². The molecule has 4 saturated carbocycles. The minimum absolute atomic E-state index is 0.0225. The predicted octanol–water partition coefficient (Wildman–Crippen LogP) is 3.42. The molecule has 5 rings (SSSR count). The first-order valence-electron chi connectivity index (χ1n) is 10.8. The minimum Gasteiger partial charge on any atom is -0.451 e. The van der Waals surface area contributed by atoms with E-state index in [1.165, 1.54) is 44.4 Å². The molecular weight excluding hydrogens is 387 g/mol. The number of halogens is 1. The van der Waals surface area contributed by atoms with Crippen molar-refractivity contribution in [3.8, 4) is 0 Å². The largest absolute Gasteiger partial charge is 0.451 e. The molecule has 4 aliphatic carbocycles. The number of ether oxygens (including phenoxy) is 1. The standard InChI is InChI=1S/C23H29FN2O4/c1-14(22(29)26-19-5-3-2-4-18(19)24)30-21(28)13-25-20(27)12-23-9-15-6-16(10-23)8-17(7-15)11-23/h2-5,14-17H,6-13H2,1H3,(H,25,27)(H,26,29)/t14-,15?,16?,17?,23?/m1/s1. The predicted molar refractivity (Wildman–Crippen MR) is 109 cm³/mol. The summed E-state index contributed by atoms with van der Waals surface area (Å²) in [6.45, 7) is 1.13. The summed E-state index contributed by atoms with van der Waals surface area (Å²) in [4.78, 5) is 36.7. The molecule has 0 unspecified atom stereocenters. The van der Waals surface area contributed by atoms with Crippen LogP contribution in [0.3, 0.4) is 0 Å². The van der Waals surface area contributed by atoms with Crippen molar-refractivity contribution in [1.82, 2.24) is 5.32 Å². The fraction of sp³-hybridized carbons (Fsp3) is 0.609. The van der Waals surface area contributed by atoms with Crippen LogP contribution in [0.15, 0.2) is 24.3 Å². The first kappa shape index (κ1) is 20.8. The molecule has 1 atom stereocenters. The molecule has 4 aliphatic rings. The molecule has 7 heteroatoms. The molecule has 30 heavy (non-hydrogen) atoms. The van der Waals surface area contributed by atoms with Crippen molar-refractivity contribution in [3.05, 3.63) is 30.1 Å². The maximum atomic E-state index is 13.6. The van der Waals surface area contributed by atoms with Crippen molar-refractivity contribution in [1.29, 1.82) is 0 Å². The number of esters is 1. The quantitative estimate of drug-likeness (QED) is 0.667. The Balaban J connectivity index is 1.21. The molecule has 6 nitrogen and oxygen atoms in total. The highest BCUT2D eigenvalue weighted by molar-refractivity contribution is 5.95. The Hall–Kier alpha value is -2.44. The lowest BCUT2D eigenvalue weighted by Gasteiger charge is -2.56. The van der Waals surface area contributed by atoms with Gasteiger partial charge in [-0.3, -0.25) is 14.4 Å². The van der Waals surface area contributed by atoms with Gasteiger partial charge in [0.2, 0.25) is 5.91 Å². The van der Waals surface area contributed by atoms with E-state index in [0.29, 0.717) is 6.42 Å². The highest BCUT2D eigenvalue weighted by Crippen LogP contribution is 2.61. The van der Waals surface area contributed by atoms with Gasteiger partial charge >= 0.3 is 5.97 Å². The molecule has 2 amide bonds. The zero-order valence-corrected chi connectivity index (χ0v) is 17.3. The van der Waals surface area contributed by atoms with Crippen molar-refractivity contribution in [2.45, 2.75) is 58.0 Å². The Morgan fingerprint density at radius 1 is 1.10 bits per heavy atom. The second-order valence-electron chi connectivity index (χ2n) is 9.47. The maximum Gasteiger partial charge on any atom is 0.326 e. The van der Waals surface area contributed by atoms with Crippen molar-refractivity contribution >= 4 is 23.5 Å². The zero-order chi connectivity index (χ0) is 21.3. The molecule has 1 aromatic rings. The van der Waals surface area contributed by atoms with E-state index >= 15 is 0 Å². The Bertz CT molecular complexity index is 805. The number of anilines is 1. The third-order valence-electron chi connectivity index (χ3n) is 6.94. The molecule has 0 heterocycles. The number of carbonyl (C=O) groups excluding carboxylic acids is 3. The minimum atomic E-state index is -1.10. The fourth-order valence-corrected chi connectivity index (χ4v) is 6.17. The lowest BCUT2D eigenvalue weighted by Crippen LogP contribution is -2.48. The SMILES string of the molecule is C[C@@H](OC(=O)CNC(=O)CC12CC3CC(CC(C3)C1)C2)C(=O)Nc1ccccc1F. The lowest BCUT2D eigenvalue weighted by molar-refractivity contribution is -0.153. The van der Waals surface area contributed by atoms with Gasteiger partial charge in [-0.1, -0.05) is 12.1 Å². The fourth-order valence-electron chi connectivity index (χ4n) is 6.17. The molecule has 0 aromatic heterocycles. The van der Waals surface area contributed by atoms with Gasteiger partial charge in [-0.2, -0.15) is 0 Å². The van der Waals surface area contributed by atoms with Gasteiger partial charge in [-0.15, -0.1) is 0 Å². The smallest absolute Gasteiger partial charge is 0.326 e. The van der Waals surface area contributed by atoms with Gasteiger partial charge in [-0.25, -0.2) is 4.39 Å². The van der Waals surface area contributed by atoms with Gasteiger partial charge in [0.1, 0.15) is 12.4 Å². The van der Waals surface area contributed by atoms with Gasteiger partial charge < -0.3 is 15.4 Å². The Morgan fingerprint density at radius 3 is 2.30 bits per heavy atom. The number of benzene rings is 1. The second-order valence-corrected chi connectivity index (χ2v) is 9.47. The van der Waals surface area contributed by atoms with Crippen molar-refractivity contribution in [2.24, 2.45) is 23.2 Å². The summed E-state index contributed by atoms with van der Waals surface area (Å²) in [5.41, 5.74) is 0.129. The number of hydrogen-bond donors (Lipinski definition) is 2. The maximum absolute atomic E-state index is 13.6. The average molecular weight is 416 g/mol. The summed E-state index contributed by atoms with van der Waals surface area (Å²) in [5, 5.41) is 5.04. The van der Waals surface area contributed by atoms with Crippen LogP contribution in [0.25, 0.3) is 0 Å². The summed E-state index contributed by atoms with van der Waals surface area (Å²) >= 11 is 0. The summed E-state index contributed by atoms with van der Waals surface area (Å²) in [7, 11) is 0. The molecule has 1 aromatic carbocycles. The Kier molecular flexibility index (Phi) is 5.80. The normalized spacial score (nSPS) is 29.9. The number of amides is 2. The zero-order valence-electron chi connectivity index (χ0n) is 17.3. The third kappa shape index (κ3) is 4.65. The van der Waals surface area contributed by atoms with Crippen molar-refractivity contribution in [3.63, 3.8) is 0 Å². The van der Waals surface area contributed by atoms with E-state index in [-0.39, 0.29) is 23.6 Å². The average Bonchev–Trinajstić information content (AvgIpc) is 2.66. The van der Waals surface area contributed by atoms with E-state index in [2.05, 4.69) is 10.6 Å². The highest BCUT2D eigenvalue weighted by atomic mass is 19.1. The summed E-state index contributed by atoms with van der Waals surface area (Å²) < 4.78 is 18.7. The van der Waals surface area contributed by atoms with Gasteiger partial charge in [0.15, 0.2) is 6.10 Å². The molecule has 2 N–H and O–H groups in total. The molecule has 0 aliphatic heterocycles. The van der Waals surface area contributed by atoms with Crippen LogP contribution in [-0.4, -0.2) is 30.4 Å².